The van der Waals surface area contributed by atoms with Gasteiger partial charge in [0.2, 0.25) is 0 Å². The van der Waals surface area contributed by atoms with Gasteiger partial charge >= 0.3 is 6.18 Å². The minimum Gasteiger partial charge on any atom is -0.370 e. The van der Waals surface area contributed by atoms with Gasteiger partial charge in [0.15, 0.2) is 0 Å². The third kappa shape index (κ3) is 3.88. The molecule has 1 fully saturated rings. The van der Waals surface area contributed by atoms with Crippen LogP contribution in [0.4, 0.5) is 18.9 Å². The Morgan fingerprint density at radius 3 is 2.70 bits per heavy atom. The average Bonchev–Trinajstić information content (AvgIpc) is 2.37. The second-order valence-corrected chi connectivity index (χ2v) is 5.65. The highest BCUT2D eigenvalue weighted by Crippen LogP contribution is 2.32. The van der Waals surface area contributed by atoms with Crippen LogP contribution in [0.3, 0.4) is 0 Å². The zero-order valence-corrected chi connectivity index (χ0v) is 11.9. The predicted molar refractivity (Wildman–Crippen MR) is 75.0 cm³/mol. The van der Waals surface area contributed by atoms with Gasteiger partial charge in [-0.2, -0.15) is 13.2 Å². The Kier molecular flexibility index (Phi) is 4.58. The van der Waals surface area contributed by atoms with Crippen LogP contribution in [0.15, 0.2) is 24.3 Å². The van der Waals surface area contributed by atoms with Crippen LogP contribution in [0.1, 0.15) is 32.3 Å². The number of benzene rings is 1. The van der Waals surface area contributed by atoms with E-state index in [2.05, 4.69) is 19.2 Å². The van der Waals surface area contributed by atoms with Gasteiger partial charge in [-0.15, -0.1) is 0 Å². The highest BCUT2D eigenvalue weighted by molar-refractivity contribution is 5.49. The van der Waals surface area contributed by atoms with Crippen molar-refractivity contribution in [2.24, 2.45) is 0 Å². The summed E-state index contributed by atoms with van der Waals surface area (Å²) in [6.07, 6.45) is -2.20. The topological polar surface area (TPSA) is 15.3 Å². The Morgan fingerprint density at radius 2 is 2.05 bits per heavy atom. The maximum atomic E-state index is 12.8. The maximum Gasteiger partial charge on any atom is 0.416 e. The maximum absolute atomic E-state index is 12.8. The smallest absolute Gasteiger partial charge is 0.370 e. The standard InChI is InChI=1S/C15H21F3N2/c1-11(2)19-13-6-4-8-20(10-13)14-7-3-5-12(9-14)15(16,17)18/h3,5,7,9,11,13,19H,4,6,8,10H2,1-2H3. The quantitative estimate of drug-likeness (QED) is 0.912. The minimum absolute atomic E-state index is 0.346. The van der Waals surface area contributed by atoms with E-state index in [9.17, 15) is 13.2 Å². The van der Waals surface area contributed by atoms with Gasteiger partial charge in [0, 0.05) is 30.9 Å². The third-order valence-corrected chi connectivity index (χ3v) is 3.53. The monoisotopic (exact) mass is 286 g/mol. The lowest BCUT2D eigenvalue weighted by atomic mass is 10.0. The number of anilines is 1. The van der Waals surface area contributed by atoms with E-state index in [4.69, 9.17) is 0 Å². The van der Waals surface area contributed by atoms with Gasteiger partial charge in [0.25, 0.3) is 0 Å². The van der Waals surface area contributed by atoms with E-state index in [1.807, 2.05) is 4.90 Å². The molecule has 2 rings (SSSR count). The molecule has 1 heterocycles. The number of nitrogens with zero attached hydrogens (tertiary/aromatic N) is 1. The van der Waals surface area contributed by atoms with E-state index in [1.54, 1.807) is 6.07 Å². The zero-order valence-electron chi connectivity index (χ0n) is 11.9. The van der Waals surface area contributed by atoms with Crippen LogP contribution in [0, 0.1) is 0 Å². The van der Waals surface area contributed by atoms with Crippen LogP contribution in [0.5, 0.6) is 0 Å². The Hall–Kier alpha value is -1.23. The molecule has 1 atom stereocenters. The highest BCUT2D eigenvalue weighted by Gasteiger charge is 2.31. The minimum atomic E-state index is -4.28. The number of rotatable bonds is 3. The zero-order chi connectivity index (χ0) is 14.8. The Labute approximate surface area is 118 Å². The van der Waals surface area contributed by atoms with Gasteiger partial charge in [0.05, 0.1) is 5.56 Å². The SMILES string of the molecule is CC(C)NC1CCCN(c2cccc(C(F)(F)F)c2)C1. The molecule has 1 aromatic carbocycles. The van der Waals surface area contributed by atoms with E-state index in [0.29, 0.717) is 17.8 Å². The lowest BCUT2D eigenvalue weighted by molar-refractivity contribution is -0.137. The summed E-state index contributed by atoms with van der Waals surface area (Å²) in [5, 5.41) is 3.46. The van der Waals surface area contributed by atoms with Crippen LogP contribution >= 0.6 is 0 Å². The van der Waals surface area contributed by atoms with E-state index in [0.717, 1.165) is 32.0 Å². The molecule has 0 spiro atoms. The third-order valence-electron chi connectivity index (χ3n) is 3.53. The van der Waals surface area contributed by atoms with E-state index in [1.165, 1.54) is 12.1 Å². The molecule has 1 saturated heterocycles. The molecule has 0 aromatic heterocycles. The summed E-state index contributed by atoms with van der Waals surface area (Å²) in [6, 6.07) is 6.35. The summed E-state index contributed by atoms with van der Waals surface area (Å²) in [5.41, 5.74) is 0.0871. The first kappa shape index (κ1) is 15.2. The molecule has 1 aliphatic heterocycles. The van der Waals surface area contributed by atoms with Crippen molar-refractivity contribution in [1.82, 2.24) is 5.32 Å². The number of halogens is 3. The molecule has 0 saturated carbocycles. The van der Waals surface area contributed by atoms with Crippen molar-refractivity contribution in [1.29, 1.82) is 0 Å². The average molecular weight is 286 g/mol. The lowest BCUT2D eigenvalue weighted by Gasteiger charge is -2.36. The number of piperidine rings is 1. The van der Waals surface area contributed by atoms with E-state index < -0.39 is 11.7 Å². The molecule has 5 heteroatoms. The molecule has 0 bridgehead atoms. The van der Waals surface area contributed by atoms with Crippen molar-refractivity contribution in [3.8, 4) is 0 Å². The number of nitrogens with one attached hydrogen (secondary N) is 1. The fraction of sp³-hybridized carbons (Fsp3) is 0.600. The molecule has 1 unspecified atom stereocenters. The molecule has 1 N–H and O–H groups in total. The van der Waals surface area contributed by atoms with Crippen molar-refractivity contribution in [2.75, 3.05) is 18.0 Å². The highest BCUT2D eigenvalue weighted by atomic mass is 19.4. The van der Waals surface area contributed by atoms with Crippen molar-refractivity contribution in [3.63, 3.8) is 0 Å². The summed E-state index contributed by atoms with van der Waals surface area (Å²) in [7, 11) is 0. The van der Waals surface area contributed by atoms with Gasteiger partial charge in [-0.25, -0.2) is 0 Å². The normalized spacial score (nSPS) is 20.5. The van der Waals surface area contributed by atoms with Gasteiger partial charge in [0.1, 0.15) is 0 Å². The molecule has 112 valence electrons. The van der Waals surface area contributed by atoms with Crippen LogP contribution in [-0.2, 0) is 6.18 Å². The van der Waals surface area contributed by atoms with Crippen molar-refractivity contribution >= 4 is 5.69 Å². The summed E-state index contributed by atoms with van der Waals surface area (Å²) in [5.74, 6) is 0. The van der Waals surface area contributed by atoms with Crippen molar-refractivity contribution in [2.45, 2.75) is 44.9 Å². The largest absolute Gasteiger partial charge is 0.416 e. The summed E-state index contributed by atoms with van der Waals surface area (Å²) < 4.78 is 38.3. The van der Waals surface area contributed by atoms with Crippen LogP contribution in [-0.4, -0.2) is 25.2 Å². The Balaban J connectivity index is 2.11. The molecule has 2 nitrogen and oxygen atoms in total. The number of hydrogen-bond acceptors (Lipinski definition) is 2. The number of alkyl halides is 3. The molecule has 1 aromatic rings. The predicted octanol–water partition coefficient (Wildman–Crippen LogP) is 3.67. The van der Waals surface area contributed by atoms with Crippen molar-refractivity contribution in [3.05, 3.63) is 29.8 Å². The first-order valence-corrected chi connectivity index (χ1v) is 7.04. The first-order chi connectivity index (χ1) is 9.36. The fourth-order valence-electron chi connectivity index (χ4n) is 2.70. The molecule has 20 heavy (non-hydrogen) atoms. The van der Waals surface area contributed by atoms with Crippen LogP contribution in [0.25, 0.3) is 0 Å². The first-order valence-electron chi connectivity index (χ1n) is 7.04. The van der Waals surface area contributed by atoms with Crippen molar-refractivity contribution < 1.29 is 13.2 Å². The van der Waals surface area contributed by atoms with Gasteiger partial charge < -0.3 is 10.2 Å². The fourth-order valence-corrected chi connectivity index (χ4v) is 2.70. The molecule has 0 amide bonds. The number of hydrogen-bond donors (Lipinski definition) is 1. The van der Waals surface area contributed by atoms with Crippen LogP contribution in [0.2, 0.25) is 0 Å². The van der Waals surface area contributed by atoms with Gasteiger partial charge in [-0.1, -0.05) is 19.9 Å². The van der Waals surface area contributed by atoms with E-state index >= 15 is 0 Å². The van der Waals surface area contributed by atoms with Gasteiger partial charge in [-0.3, -0.25) is 0 Å². The summed E-state index contributed by atoms with van der Waals surface area (Å²) >= 11 is 0. The molecule has 0 radical (unpaired) electrons. The Morgan fingerprint density at radius 1 is 1.30 bits per heavy atom. The van der Waals surface area contributed by atoms with E-state index in [-0.39, 0.29) is 0 Å². The lowest BCUT2D eigenvalue weighted by Crippen LogP contribution is -2.47. The second kappa shape index (κ2) is 6.04. The summed E-state index contributed by atoms with van der Waals surface area (Å²) in [6.45, 7) is 5.75. The van der Waals surface area contributed by atoms with Gasteiger partial charge in [-0.05, 0) is 31.0 Å². The summed E-state index contributed by atoms with van der Waals surface area (Å²) in [4.78, 5) is 2.04. The molecule has 1 aliphatic rings. The van der Waals surface area contributed by atoms with Crippen LogP contribution < -0.4 is 10.2 Å². The molecule has 0 aliphatic carbocycles. The molecular weight excluding hydrogens is 265 g/mol. The molecular formula is C15H21F3N2. The second-order valence-electron chi connectivity index (χ2n) is 5.65. The Bertz CT molecular complexity index is 443.